The van der Waals surface area contributed by atoms with E-state index in [0.29, 0.717) is 23.8 Å². The Morgan fingerprint density at radius 3 is 2.75 bits per heavy atom. The van der Waals surface area contributed by atoms with Gasteiger partial charge in [-0.1, -0.05) is 15.9 Å². The number of rotatable bonds is 4. The highest BCUT2D eigenvalue weighted by molar-refractivity contribution is 9.10. The van der Waals surface area contributed by atoms with Crippen molar-refractivity contribution < 1.29 is 4.39 Å². The van der Waals surface area contributed by atoms with E-state index in [4.69, 9.17) is 0 Å². The molecule has 0 atom stereocenters. The lowest BCUT2D eigenvalue weighted by atomic mass is 10.2. The Labute approximate surface area is 133 Å². The van der Waals surface area contributed by atoms with Gasteiger partial charge < -0.3 is 5.32 Å². The van der Waals surface area contributed by atoms with Crippen molar-refractivity contribution in [2.45, 2.75) is 25.3 Å². The van der Waals surface area contributed by atoms with Crippen LogP contribution >= 0.6 is 31.9 Å². The van der Waals surface area contributed by atoms with Crippen molar-refractivity contribution in [3.8, 4) is 0 Å². The molecule has 2 aromatic rings. The first-order chi connectivity index (χ1) is 9.61. The molecule has 3 rings (SSSR count). The minimum atomic E-state index is -0.226. The highest BCUT2D eigenvalue weighted by Gasteiger charge is 2.27. The fraction of sp³-hybridized carbons (Fsp3) is 0.286. The molecule has 0 unspecified atom stereocenters. The predicted octanol–water partition coefficient (Wildman–Crippen LogP) is 4.63. The summed E-state index contributed by atoms with van der Waals surface area (Å²) in [6, 6.07) is 6.71. The smallest absolute Gasteiger partial charge is 0.135 e. The van der Waals surface area contributed by atoms with E-state index < -0.39 is 0 Å². The molecule has 20 heavy (non-hydrogen) atoms. The van der Waals surface area contributed by atoms with E-state index in [1.54, 1.807) is 12.1 Å². The maximum atomic E-state index is 13.7. The Morgan fingerprint density at radius 1 is 1.20 bits per heavy atom. The molecule has 1 N–H and O–H groups in total. The number of anilines is 1. The average Bonchev–Trinajstić information content (AvgIpc) is 3.23. The van der Waals surface area contributed by atoms with Crippen molar-refractivity contribution in [1.82, 2.24) is 9.97 Å². The lowest BCUT2D eigenvalue weighted by Crippen LogP contribution is -2.05. The first kappa shape index (κ1) is 13.9. The van der Waals surface area contributed by atoms with Gasteiger partial charge in [0.15, 0.2) is 0 Å². The summed E-state index contributed by atoms with van der Waals surface area (Å²) >= 11 is 6.73. The summed E-state index contributed by atoms with van der Waals surface area (Å²) in [5.41, 5.74) is 0.599. The van der Waals surface area contributed by atoms with Gasteiger partial charge in [-0.15, -0.1) is 0 Å². The van der Waals surface area contributed by atoms with Gasteiger partial charge in [-0.2, -0.15) is 0 Å². The van der Waals surface area contributed by atoms with Crippen LogP contribution in [-0.2, 0) is 6.54 Å². The van der Waals surface area contributed by atoms with Gasteiger partial charge in [0.25, 0.3) is 0 Å². The van der Waals surface area contributed by atoms with E-state index in [2.05, 4.69) is 47.1 Å². The lowest BCUT2D eigenvalue weighted by Gasteiger charge is -2.09. The highest BCUT2D eigenvalue weighted by atomic mass is 79.9. The van der Waals surface area contributed by atoms with Crippen LogP contribution in [0.2, 0.25) is 0 Å². The van der Waals surface area contributed by atoms with E-state index in [0.717, 1.165) is 27.7 Å². The molecule has 104 valence electrons. The minimum Gasteiger partial charge on any atom is -0.366 e. The quantitative estimate of drug-likeness (QED) is 0.760. The van der Waals surface area contributed by atoms with Crippen LogP contribution in [0.3, 0.4) is 0 Å². The molecule has 1 heterocycles. The maximum absolute atomic E-state index is 13.7. The van der Waals surface area contributed by atoms with E-state index in [9.17, 15) is 4.39 Å². The van der Waals surface area contributed by atoms with Crippen molar-refractivity contribution in [1.29, 1.82) is 0 Å². The van der Waals surface area contributed by atoms with Gasteiger partial charge in [0.2, 0.25) is 0 Å². The van der Waals surface area contributed by atoms with Gasteiger partial charge in [-0.05, 0) is 47.0 Å². The Morgan fingerprint density at radius 2 is 2.00 bits per heavy atom. The van der Waals surface area contributed by atoms with Gasteiger partial charge in [-0.3, -0.25) is 0 Å². The summed E-state index contributed by atoms with van der Waals surface area (Å²) < 4.78 is 15.3. The SMILES string of the molecule is Fc1ccc(Br)cc1CNc1cc(Br)nc(C2CC2)n1. The minimum absolute atomic E-state index is 0.226. The van der Waals surface area contributed by atoms with E-state index in [-0.39, 0.29) is 5.82 Å². The second kappa shape index (κ2) is 5.77. The summed E-state index contributed by atoms with van der Waals surface area (Å²) in [6.07, 6.45) is 2.30. The molecule has 1 aliphatic carbocycles. The molecule has 0 spiro atoms. The molecule has 3 nitrogen and oxygen atoms in total. The van der Waals surface area contributed by atoms with Crippen LogP contribution < -0.4 is 5.32 Å². The summed E-state index contributed by atoms with van der Waals surface area (Å²) in [5.74, 6) is 1.83. The van der Waals surface area contributed by atoms with E-state index >= 15 is 0 Å². The summed E-state index contributed by atoms with van der Waals surface area (Å²) in [6.45, 7) is 0.388. The Bertz CT molecular complexity index is 644. The molecular formula is C14H12Br2FN3. The van der Waals surface area contributed by atoms with Crippen molar-refractivity contribution in [3.05, 3.63) is 50.5 Å². The second-order valence-corrected chi connectivity index (χ2v) is 6.53. The Hall–Kier alpha value is -1.01. The fourth-order valence-electron chi connectivity index (χ4n) is 1.91. The van der Waals surface area contributed by atoms with Crippen LogP contribution in [0.1, 0.15) is 30.1 Å². The molecule has 1 aromatic heterocycles. The van der Waals surface area contributed by atoms with Crippen molar-refractivity contribution >= 4 is 37.7 Å². The molecule has 0 radical (unpaired) electrons. The van der Waals surface area contributed by atoms with Crippen LogP contribution in [0.15, 0.2) is 33.3 Å². The number of aromatic nitrogens is 2. The summed E-state index contributed by atoms with van der Waals surface area (Å²) in [4.78, 5) is 8.84. The zero-order valence-electron chi connectivity index (χ0n) is 10.5. The first-order valence-corrected chi connectivity index (χ1v) is 7.93. The molecule has 1 saturated carbocycles. The van der Waals surface area contributed by atoms with Gasteiger partial charge >= 0.3 is 0 Å². The number of benzene rings is 1. The topological polar surface area (TPSA) is 37.8 Å². The predicted molar refractivity (Wildman–Crippen MR) is 83.1 cm³/mol. The molecule has 1 fully saturated rings. The molecule has 1 aliphatic rings. The monoisotopic (exact) mass is 399 g/mol. The third kappa shape index (κ3) is 3.35. The number of hydrogen-bond donors (Lipinski definition) is 1. The molecule has 0 amide bonds. The molecule has 0 bridgehead atoms. The lowest BCUT2D eigenvalue weighted by molar-refractivity contribution is 0.612. The third-order valence-corrected chi connectivity index (χ3v) is 4.02. The van der Waals surface area contributed by atoms with Crippen LogP contribution in [0, 0.1) is 5.82 Å². The molecule has 6 heteroatoms. The molecule has 0 saturated heterocycles. The number of halogens is 3. The molecule has 0 aliphatic heterocycles. The number of nitrogens with one attached hydrogen (secondary N) is 1. The van der Waals surface area contributed by atoms with Crippen LogP contribution in [-0.4, -0.2) is 9.97 Å². The fourth-order valence-corrected chi connectivity index (χ4v) is 2.72. The van der Waals surface area contributed by atoms with Crippen LogP contribution in [0.25, 0.3) is 0 Å². The van der Waals surface area contributed by atoms with Crippen molar-refractivity contribution in [3.63, 3.8) is 0 Å². The number of nitrogens with zero attached hydrogens (tertiary/aromatic N) is 2. The van der Waals surface area contributed by atoms with E-state index in [1.807, 2.05) is 6.07 Å². The van der Waals surface area contributed by atoms with Crippen LogP contribution in [0.5, 0.6) is 0 Å². The van der Waals surface area contributed by atoms with Crippen molar-refractivity contribution in [2.24, 2.45) is 0 Å². The highest BCUT2D eigenvalue weighted by Crippen LogP contribution is 2.38. The van der Waals surface area contributed by atoms with Crippen LogP contribution in [0.4, 0.5) is 10.2 Å². The van der Waals surface area contributed by atoms with Crippen molar-refractivity contribution in [2.75, 3.05) is 5.32 Å². The Balaban J connectivity index is 1.76. The molecular weight excluding hydrogens is 389 g/mol. The standard InChI is InChI=1S/C14H12Br2FN3/c15-10-3-4-11(17)9(5-10)7-18-13-6-12(16)19-14(20-13)8-1-2-8/h3-6,8H,1-2,7H2,(H,18,19,20). The third-order valence-electron chi connectivity index (χ3n) is 3.12. The van der Waals surface area contributed by atoms with Gasteiger partial charge in [0.1, 0.15) is 22.1 Å². The van der Waals surface area contributed by atoms with Gasteiger partial charge in [0.05, 0.1) is 0 Å². The maximum Gasteiger partial charge on any atom is 0.135 e. The van der Waals surface area contributed by atoms with E-state index in [1.165, 1.54) is 6.07 Å². The summed E-state index contributed by atoms with van der Waals surface area (Å²) in [7, 11) is 0. The van der Waals surface area contributed by atoms with Gasteiger partial charge in [0, 0.05) is 28.6 Å². The largest absolute Gasteiger partial charge is 0.366 e. The normalized spacial score (nSPS) is 14.3. The zero-order valence-corrected chi connectivity index (χ0v) is 13.7. The second-order valence-electron chi connectivity index (χ2n) is 4.80. The number of hydrogen-bond acceptors (Lipinski definition) is 3. The zero-order chi connectivity index (χ0) is 14.1. The first-order valence-electron chi connectivity index (χ1n) is 6.34. The average molecular weight is 401 g/mol. The summed E-state index contributed by atoms with van der Waals surface area (Å²) in [5, 5.41) is 3.15. The Kier molecular flexibility index (Phi) is 4.03. The molecule has 1 aromatic carbocycles. The van der Waals surface area contributed by atoms with Gasteiger partial charge in [-0.25, -0.2) is 14.4 Å².